The zero-order chi connectivity index (χ0) is 21.1. The van der Waals surface area contributed by atoms with Crippen molar-refractivity contribution in [2.45, 2.75) is 13.0 Å². The number of hydrogen-bond acceptors (Lipinski definition) is 8. The molecule has 0 spiro atoms. The molecule has 0 bridgehead atoms. The Hall–Kier alpha value is -3.58. The van der Waals surface area contributed by atoms with E-state index in [0.29, 0.717) is 42.7 Å². The molecule has 1 aliphatic rings. The molecule has 0 radical (unpaired) electrons. The Balaban J connectivity index is 1.37. The van der Waals surface area contributed by atoms with Crippen LogP contribution in [0.5, 0.6) is 0 Å². The number of furan rings is 1. The molecular formula is C20H19N5O4S. The highest BCUT2D eigenvalue weighted by Crippen LogP contribution is 2.29. The molecule has 1 saturated heterocycles. The minimum absolute atomic E-state index is 0.145. The lowest BCUT2D eigenvalue weighted by molar-refractivity contribution is -0.133. The molecule has 0 aromatic carbocycles. The molecule has 1 atom stereocenters. The largest absolute Gasteiger partial charge is 0.459 e. The van der Waals surface area contributed by atoms with Crippen molar-refractivity contribution in [3.63, 3.8) is 0 Å². The lowest BCUT2D eigenvalue weighted by atomic mass is 10.2. The third-order valence-electron chi connectivity index (χ3n) is 4.79. The molecule has 0 aliphatic carbocycles. The van der Waals surface area contributed by atoms with Crippen LogP contribution in [0.4, 0.5) is 5.88 Å². The van der Waals surface area contributed by atoms with Gasteiger partial charge in [-0.05, 0) is 30.5 Å². The minimum atomic E-state index is -0.628. The van der Waals surface area contributed by atoms with Crippen molar-refractivity contribution in [2.75, 3.05) is 31.1 Å². The number of carbonyl (C=O) groups excluding carboxylic acids is 2. The van der Waals surface area contributed by atoms with Crippen molar-refractivity contribution in [2.24, 2.45) is 0 Å². The molecule has 0 saturated carbocycles. The number of hydrogen-bond donors (Lipinski definition) is 1. The van der Waals surface area contributed by atoms with Crippen LogP contribution in [0.1, 0.15) is 22.3 Å². The van der Waals surface area contributed by atoms with Crippen LogP contribution in [0.25, 0.3) is 11.7 Å². The summed E-state index contributed by atoms with van der Waals surface area (Å²) in [6, 6.07) is 8.36. The van der Waals surface area contributed by atoms with Crippen molar-refractivity contribution in [3.8, 4) is 17.7 Å². The Morgan fingerprint density at radius 1 is 1.27 bits per heavy atom. The summed E-state index contributed by atoms with van der Waals surface area (Å²) in [7, 11) is 0. The Kier molecular flexibility index (Phi) is 5.54. The van der Waals surface area contributed by atoms with E-state index in [1.807, 2.05) is 16.3 Å². The van der Waals surface area contributed by atoms with E-state index in [1.54, 1.807) is 36.1 Å². The second-order valence-electron chi connectivity index (χ2n) is 6.75. The van der Waals surface area contributed by atoms with E-state index < -0.39 is 6.04 Å². The van der Waals surface area contributed by atoms with Gasteiger partial charge in [0, 0.05) is 26.2 Å². The lowest BCUT2D eigenvalue weighted by Gasteiger charge is -2.35. The second kappa shape index (κ2) is 8.42. The van der Waals surface area contributed by atoms with Crippen LogP contribution >= 0.6 is 11.3 Å². The molecule has 9 nitrogen and oxygen atoms in total. The third kappa shape index (κ3) is 3.92. The van der Waals surface area contributed by atoms with Crippen LogP contribution in [0.2, 0.25) is 0 Å². The highest BCUT2D eigenvalue weighted by Gasteiger charge is 2.29. The van der Waals surface area contributed by atoms with Gasteiger partial charge in [0.25, 0.3) is 11.8 Å². The molecule has 2 amide bonds. The molecule has 154 valence electrons. The van der Waals surface area contributed by atoms with E-state index in [-0.39, 0.29) is 23.4 Å². The number of rotatable bonds is 5. The van der Waals surface area contributed by atoms with Gasteiger partial charge < -0.3 is 24.0 Å². The number of aromatic nitrogens is 1. The SMILES string of the molecule is C[C@H](NC(=O)c1cccs1)C(=O)N1CCN(c2oc(-c3ccco3)nc2C#N)CC1. The third-order valence-corrected chi connectivity index (χ3v) is 5.66. The van der Waals surface area contributed by atoms with E-state index in [1.165, 1.54) is 17.6 Å². The van der Waals surface area contributed by atoms with Crippen LogP contribution in [0.3, 0.4) is 0 Å². The maximum atomic E-state index is 12.7. The van der Waals surface area contributed by atoms with Gasteiger partial charge in [-0.2, -0.15) is 10.2 Å². The van der Waals surface area contributed by atoms with Crippen molar-refractivity contribution in [3.05, 3.63) is 46.5 Å². The molecule has 1 N–H and O–H groups in total. The first-order valence-corrected chi connectivity index (χ1v) is 10.3. The monoisotopic (exact) mass is 425 g/mol. The maximum Gasteiger partial charge on any atom is 0.266 e. The average molecular weight is 425 g/mol. The van der Waals surface area contributed by atoms with E-state index in [9.17, 15) is 14.9 Å². The number of nitrogens with one attached hydrogen (secondary N) is 1. The predicted octanol–water partition coefficient (Wildman–Crippen LogP) is 2.33. The van der Waals surface area contributed by atoms with E-state index >= 15 is 0 Å². The first kappa shape index (κ1) is 19.7. The van der Waals surface area contributed by atoms with Gasteiger partial charge in [0.2, 0.25) is 17.5 Å². The zero-order valence-electron chi connectivity index (χ0n) is 16.2. The molecule has 3 aromatic heterocycles. The topological polar surface area (TPSA) is 116 Å². The fourth-order valence-electron chi connectivity index (χ4n) is 3.25. The van der Waals surface area contributed by atoms with Gasteiger partial charge in [-0.1, -0.05) is 6.07 Å². The molecule has 1 fully saturated rings. The number of thiophene rings is 1. The van der Waals surface area contributed by atoms with Gasteiger partial charge >= 0.3 is 0 Å². The first-order valence-electron chi connectivity index (χ1n) is 9.39. The summed E-state index contributed by atoms with van der Waals surface area (Å²) in [5.74, 6) is 0.663. The first-order chi connectivity index (χ1) is 14.6. The molecule has 4 rings (SSSR count). The highest BCUT2D eigenvalue weighted by molar-refractivity contribution is 7.12. The Morgan fingerprint density at radius 2 is 2.07 bits per heavy atom. The van der Waals surface area contributed by atoms with E-state index in [0.717, 1.165) is 0 Å². The number of carbonyl (C=O) groups is 2. The average Bonchev–Trinajstić information content (AvgIpc) is 3.54. The number of nitrogens with zero attached hydrogens (tertiary/aromatic N) is 4. The maximum absolute atomic E-state index is 12.7. The van der Waals surface area contributed by atoms with Gasteiger partial charge in [0.15, 0.2) is 5.76 Å². The van der Waals surface area contributed by atoms with E-state index in [2.05, 4.69) is 10.3 Å². The molecule has 10 heteroatoms. The fraction of sp³-hybridized carbons (Fsp3) is 0.300. The standard InChI is InChI=1S/C20H19N5O4S/c1-13(22-17(26)16-5-3-11-30-16)19(27)24-6-8-25(9-7-24)20-14(12-21)23-18(29-20)15-4-2-10-28-15/h2-5,10-11,13H,6-9H2,1H3,(H,22,26)/t13-/m0/s1. The number of amides is 2. The number of piperazine rings is 1. The summed E-state index contributed by atoms with van der Waals surface area (Å²) in [4.78, 5) is 33.2. The molecule has 0 unspecified atom stereocenters. The predicted molar refractivity (Wildman–Crippen MR) is 109 cm³/mol. The minimum Gasteiger partial charge on any atom is -0.459 e. The summed E-state index contributed by atoms with van der Waals surface area (Å²) in [5, 5.41) is 14.0. The summed E-state index contributed by atoms with van der Waals surface area (Å²) in [5.41, 5.74) is 0.178. The fourth-order valence-corrected chi connectivity index (χ4v) is 3.87. The molecule has 1 aliphatic heterocycles. The van der Waals surface area contributed by atoms with Gasteiger partial charge in [-0.25, -0.2) is 0 Å². The Bertz CT molecular complexity index is 1060. The Morgan fingerprint density at radius 3 is 2.70 bits per heavy atom. The lowest BCUT2D eigenvalue weighted by Crippen LogP contribution is -2.54. The number of anilines is 1. The number of nitriles is 1. The molecule has 3 aromatic rings. The summed E-state index contributed by atoms with van der Waals surface area (Å²) in [6.07, 6.45) is 1.51. The van der Waals surface area contributed by atoms with Crippen LogP contribution in [0.15, 0.2) is 44.7 Å². The van der Waals surface area contributed by atoms with Crippen LogP contribution in [-0.2, 0) is 4.79 Å². The van der Waals surface area contributed by atoms with Crippen LogP contribution < -0.4 is 10.2 Å². The summed E-state index contributed by atoms with van der Waals surface area (Å²) in [6.45, 7) is 3.54. The van der Waals surface area contributed by atoms with Gasteiger partial charge in [-0.15, -0.1) is 11.3 Å². The Labute approximate surface area is 176 Å². The number of oxazole rings is 1. The van der Waals surface area contributed by atoms with Crippen LogP contribution in [0, 0.1) is 11.3 Å². The second-order valence-corrected chi connectivity index (χ2v) is 7.69. The summed E-state index contributed by atoms with van der Waals surface area (Å²) >= 11 is 1.33. The molecule has 30 heavy (non-hydrogen) atoms. The quantitative estimate of drug-likeness (QED) is 0.667. The van der Waals surface area contributed by atoms with Crippen molar-refractivity contribution >= 4 is 29.0 Å². The molecular weight excluding hydrogens is 406 g/mol. The van der Waals surface area contributed by atoms with Crippen molar-refractivity contribution < 1.29 is 18.4 Å². The smallest absolute Gasteiger partial charge is 0.266 e. The van der Waals surface area contributed by atoms with Gasteiger partial charge in [0.05, 0.1) is 11.1 Å². The van der Waals surface area contributed by atoms with Crippen molar-refractivity contribution in [1.82, 2.24) is 15.2 Å². The molecule has 4 heterocycles. The van der Waals surface area contributed by atoms with Gasteiger partial charge in [-0.3, -0.25) is 9.59 Å². The zero-order valence-corrected chi connectivity index (χ0v) is 17.0. The highest BCUT2D eigenvalue weighted by atomic mass is 32.1. The van der Waals surface area contributed by atoms with Crippen LogP contribution in [-0.4, -0.2) is 53.9 Å². The van der Waals surface area contributed by atoms with Crippen molar-refractivity contribution in [1.29, 1.82) is 5.26 Å². The van der Waals surface area contributed by atoms with E-state index in [4.69, 9.17) is 8.83 Å². The normalized spacial score (nSPS) is 14.9. The summed E-state index contributed by atoms with van der Waals surface area (Å²) < 4.78 is 11.0. The van der Waals surface area contributed by atoms with Gasteiger partial charge in [0.1, 0.15) is 12.1 Å².